The Hall–Kier alpha value is -1.65. The van der Waals surface area contributed by atoms with E-state index in [1.54, 1.807) is 12.1 Å². The molecule has 0 saturated carbocycles. The van der Waals surface area contributed by atoms with Crippen LogP contribution < -0.4 is 5.32 Å². The van der Waals surface area contributed by atoms with Gasteiger partial charge in [-0.1, -0.05) is 35.2 Å². The predicted molar refractivity (Wildman–Crippen MR) is 74.6 cm³/mol. The van der Waals surface area contributed by atoms with Crippen LogP contribution in [0.15, 0.2) is 28.6 Å². The molecule has 0 amide bonds. The van der Waals surface area contributed by atoms with Crippen LogP contribution in [0.3, 0.4) is 0 Å². The van der Waals surface area contributed by atoms with Crippen LogP contribution in [-0.4, -0.2) is 16.0 Å². The van der Waals surface area contributed by atoms with Gasteiger partial charge in [0.1, 0.15) is 5.82 Å². The van der Waals surface area contributed by atoms with Crippen LogP contribution in [0.1, 0.15) is 12.0 Å². The van der Waals surface area contributed by atoms with Gasteiger partial charge in [0.15, 0.2) is 4.34 Å². The lowest BCUT2D eigenvalue weighted by Crippen LogP contribution is -1.98. The van der Waals surface area contributed by atoms with Crippen molar-refractivity contribution in [3.8, 4) is 6.07 Å². The summed E-state index contributed by atoms with van der Waals surface area (Å²) in [6.07, 6.45) is 0.503. The topological polar surface area (TPSA) is 61.6 Å². The van der Waals surface area contributed by atoms with Crippen LogP contribution in [-0.2, 0) is 6.54 Å². The molecule has 0 aliphatic rings. The van der Waals surface area contributed by atoms with Crippen LogP contribution in [0.25, 0.3) is 0 Å². The maximum atomic E-state index is 12.7. The molecule has 0 spiro atoms. The minimum Gasteiger partial charge on any atom is -0.356 e. The van der Waals surface area contributed by atoms with Crippen molar-refractivity contribution >= 4 is 28.2 Å². The maximum absolute atomic E-state index is 12.7. The number of thioether (sulfide) groups is 1. The van der Waals surface area contributed by atoms with Gasteiger partial charge in [-0.15, -0.1) is 10.2 Å². The van der Waals surface area contributed by atoms with E-state index in [-0.39, 0.29) is 5.82 Å². The van der Waals surface area contributed by atoms with Gasteiger partial charge in [-0.2, -0.15) is 5.26 Å². The van der Waals surface area contributed by atoms with Gasteiger partial charge in [0.25, 0.3) is 0 Å². The first-order chi connectivity index (χ1) is 9.28. The minimum absolute atomic E-state index is 0.240. The molecular weight excluding hydrogens is 283 g/mol. The van der Waals surface area contributed by atoms with Crippen LogP contribution in [0, 0.1) is 17.1 Å². The number of hydrogen-bond acceptors (Lipinski definition) is 6. The zero-order chi connectivity index (χ0) is 13.5. The van der Waals surface area contributed by atoms with E-state index in [2.05, 4.69) is 21.6 Å². The number of aromatic nitrogens is 2. The average molecular weight is 294 g/mol. The summed E-state index contributed by atoms with van der Waals surface area (Å²) < 4.78 is 13.6. The molecule has 2 aromatic rings. The molecule has 0 atom stereocenters. The van der Waals surface area contributed by atoms with E-state index in [9.17, 15) is 4.39 Å². The highest BCUT2D eigenvalue weighted by molar-refractivity contribution is 8.01. The summed E-state index contributed by atoms with van der Waals surface area (Å²) in [5.41, 5.74) is 0.982. The number of nitrogens with one attached hydrogen (secondary N) is 1. The van der Waals surface area contributed by atoms with Gasteiger partial charge in [-0.3, -0.25) is 0 Å². The van der Waals surface area contributed by atoms with E-state index in [1.165, 1.54) is 35.2 Å². The number of nitrogens with zero attached hydrogens (tertiary/aromatic N) is 3. The Morgan fingerprint density at radius 1 is 1.32 bits per heavy atom. The minimum atomic E-state index is -0.240. The van der Waals surface area contributed by atoms with E-state index in [1.807, 2.05) is 0 Å². The number of hydrogen-bond donors (Lipinski definition) is 1. The van der Waals surface area contributed by atoms with E-state index in [0.717, 1.165) is 20.8 Å². The van der Waals surface area contributed by atoms with Crippen molar-refractivity contribution in [2.75, 3.05) is 11.1 Å². The van der Waals surface area contributed by atoms with Gasteiger partial charge in [-0.05, 0) is 17.7 Å². The van der Waals surface area contributed by atoms with Crippen molar-refractivity contribution in [1.29, 1.82) is 5.26 Å². The molecule has 0 aliphatic carbocycles. The first kappa shape index (κ1) is 13.8. The molecule has 1 aromatic heterocycles. The molecule has 98 valence electrons. The first-order valence-electron chi connectivity index (χ1n) is 5.59. The standard InChI is InChI=1S/C12H11FN4S2/c13-10-4-2-9(3-5-10)8-15-11-16-17-12(19-11)18-7-1-6-14/h2-5H,1,7-8H2,(H,15,16). The Bertz CT molecular complexity index is 562. The van der Waals surface area contributed by atoms with Crippen molar-refractivity contribution < 1.29 is 4.39 Å². The highest BCUT2D eigenvalue weighted by Gasteiger charge is 2.04. The Balaban J connectivity index is 1.83. The molecule has 0 saturated heterocycles. The van der Waals surface area contributed by atoms with Gasteiger partial charge in [0, 0.05) is 18.7 Å². The van der Waals surface area contributed by atoms with Gasteiger partial charge in [-0.25, -0.2) is 4.39 Å². The van der Waals surface area contributed by atoms with E-state index in [4.69, 9.17) is 5.26 Å². The molecule has 4 nitrogen and oxygen atoms in total. The Morgan fingerprint density at radius 3 is 2.84 bits per heavy atom. The Labute approximate surface area is 118 Å². The summed E-state index contributed by atoms with van der Waals surface area (Å²) in [6, 6.07) is 8.40. The average Bonchev–Trinajstić information content (AvgIpc) is 2.86. The number of halogens is 1. The third-order valence-corrected chi connectivity index (χ3v) is 4.22. The smallest absolute Gasteiger partial charge is 0.206 e. The molecule has 0 unspecified atom stereocenters. The van der Waals surface area contributed by atoms with Crippen LogP contribution >= 0.6 is 23.1 Å². The maximum Gasteiger partial charge on any atom is 0.206 e. The SMILES string of the molecule is N#CCCSc1nnc(NCc2ccc(F)cc2)s1. The quantitative estimate of drug-likeness (QED) is 0.654. The molecular formula is C12H11FN4S2. The number of benzene rings is 1. The second kappa shape index (κ2) is 7.07. The number of rotatable bonds is 6. The van der Waals surface area contributed by atoms with E-state index < -0.39 is 0 Å². The third kappa shape index (κ3) is 4.50. The normalized spacial score (nSPS) is 10.1. The summed E-state index contributed by atoms with van der Waals surface area (Å²) in [5, 5.41) is 20.3. The lowest BCUT2D eigenvalue weighted by Gasteiger charge is -2.01. The summed E-state index contributed by atoms with van der Waals surface area (Å²) >= 11 is 2.97. The Kier molecular flexibility index (Phi) is 5.12. The molecule has 19 heavy (non-hydrogen) atoms. The van der Waals surface area contributed by atoms with Crippen molar-refractivity contribution in [3.63, 3.8) is 0 Å². The van der Waals surface area contributed by atoms with E-state index in [0.29, 0.717) is 13.0 Å². The zero-order valence-corrected chi connectivity index (χ0v) is 11.6. The van der Waals surface area contributed by atoms with E-state index >= 15 is 0 Å². The first-order valence-corrected chi connectivity index (χ1v) is 7.39. The number of anilines is 1. The van der Waals surface area contributed by atoms with Crippen LogP contribution in [0.5, 0.6) is 0 Å². The summed E-state index contributed by atoms with van der Waals surface area (Å²) in [5.74, 6) is 0.485. The summed E-state index contributed by atoms with van der Waals surface area (Å²) in [7, 11) is 0. The van der Waals surface area contributed by atoms with Crippen molar-refractivity contribution in [3.05, 3.63) is 35.6 Å². The largest absolute Gasteiger partial charge is 0.356 e. The molecule has 7 heteroatoms. The van der Waals surface area contributed by atoms with Gasteiger partial charge in [0.05, 0.1) is 6.07 Å². The van der Waals surface area contributed by atoms with Gasteiger partial charge >= 0.3 is 0 Å². The molecule has 0 aliphatic heterocycles. The molecule has 1 N–H and O–H groups in total. The Morgan fingerprint density at radius 2 is 2.11 bits per heavy atom. The predicted octanol–water partition coefficient (Wildman–Crippen LogP) is 3.30. The summed E-state index contributed by atoms with van der Waals surface area (Å²) in [6.45, 7) is 0.581. The lowest BCUT2D eigenvalue weighted by atomic mass is 10.2. The lowest BCUT2D eigenvalue weighted by molar-refractivity contribution is 0.627. The fourth-order valence-electron chi connectivity index (χ4n) is 1.30. The van der Waals surface area contributed by atoms with Crippen molar-refractivity contribution in [2.24, 2.45) is 0 Å². The molecule has 0 fully saturated rings. The molecule has 2 rings (SSSR count). The van der Waals surface area contributed by atoms with Gasteiger partial charge in [0.2, 0.25) is 5.13 Å². The summed E-state index contributed by atoms with van der Waals surface area (Å²) in [4.78, 5) is 0. The van der Waals surface area contributed by atoms with Crippen LogP contribution in [0.4, 0.5) is 9.52 Å². The molecule has 0 radical (unpaired) electrons. The second-order valence-corrected chi connectivity index (χ2v) is 5.93. The fraction of sp³-hybridized carbons (Fsp3) is 0.250. The second-order valence-electron chi connectivity index (χ2n) is 3.61. The van der Waals surface area contributed by atoms with Gasteiger partial charge < -0.3 is 5.32 Å². The molecule has 1 heterocycles. The highest BCUT2D eigenvalue weighted by Crippen LogP contribution is 2.26. The third-order valence-electron chi connectivity index (χ3n) is 2.20. The molecule has 0 bridgehead atoms. The monoisotopic (exact) mass is 294 g/mol. The highest BCUT2D eigenvalue weighted by atomic mass is 32.2. The zero-order valence-electron chi connectivity index (χ0n) is 9.97. The van der Waals surface area contributed by atoms with Crippen LogP contribution in [0.2, 0.25) is 0 Å². The number of nitriles is 1. The molecule has 1 aromatic carbocycles. The van der Waals surface area contributed by atoms with Crippen molar-refractivity contribution in [2.45, 2.75) is 17.3 Å². The van der Waals surface area contributed by atoms with Crippen molar-refractivity contribution in [1.82, 2.24) is 10.2 Å². The fourth-order valence-corrected chi connectivity index (χ4v) is 2.97.